The van der Waals surface area contributed by atoms with Crippen LogP contribution in [0.1, 0.15) is 84.8 Å². The highest BCUT2D eigenvalue weighted by Gasteiger charge is 2.65. The standard InChI is InChI=1S/C53H59N3O14/c1-4-24-67-53-49(55(52(60)64-5-2)30-35-14-19-47-48(25-35)66-33-65-47)29-44(54-68-32-34-12-15-38(16-13-34)56(61)62)42-27-36(10-6-8-22-57)41(11-7-9-23-58)50(51(42)53)43-28-40(18-21-46(43)70-53)69-39-17-20-45(63-3)37(26-39)31-59/h4,12-21,25-28,31,36,41,49-51,57-58H,1,5-11,22-24,29-30,32-33H2,2-3H3. The van der Waals surface area contributed by atoms with E-state index in [4.69, 9.17) is 43.2 Å². The van der Waals surface area contributed by atoms with Crippen molar-refractivity contribution in [3.8, 4) is 34.5 Å². The highest BCUT2D eigenvalue weighted by molar-refractivity contribution is 6.03. The molecule has 2 N–H and O–H groups in total. The molecule has 4 aliphatic rings. The fourth-order valence-electron chi connectivity index (χ4n) is 10.4. The number of aldehydes is 1. The van der Waals surface area contributed by atoms with E-state index in [2.05, 4.69) is 12.7 Å². The first-order valence-electron chi connectivity index (χ1n) is 23.7. The number of amides is 1. The minimum absolute atomic E-state index is 0.00858. The van der Waals surface area contributed by atoms with Gasteiger partial charge in [-0.25, -0.2) is 4.79 Å². The van der Waals surface area contributed by atoms with Crippen LogP contribution in [-0.4, -0.2) is 90.3 Å². The Morgan fingerprint density at radius 1 is 0.943 bits per heavy atom. The Labute approximate surface area is 406 Å². The molecular weight excluding hydrogens is 903 g/mol. The van der Waals surface area contributed by atoms with E-state index < -0.39 is 28.8 Å². The molecule has 1 amide bonds. The minimum Gasteiger partial charge on any atom is -0.496 e. The van der Waals surface area contributed by atoms with Crippen molar-refractivity contribution in [2.45, 2.75) is 82.8 Å². The smallest absolute Gasteiger partial charge is 0.410 e. The summed E-state index contributed by atoms with van der Waals surface area (Å²) in [7, 11) is 1.49. The molecule has 1 fully saturated rings. The van der Waals surface area contributed by atoms with Gasteiger partial charge in [0.2, 0.25) is 12.6 Å². The number of hydrogen-bond acceptors (Lipinski definition) is 15. The zero-order chi connectivity index (χ0) is 49.2. The van der Waals surface area contributed by atoms with Crippen LogP contribution in [0.25, 0.3) is 0 Å². The molecule has 4 aromatic carbocycles. The Balaban J connectivity index is 1.32. The largest absolute Gasteiger partial charge is 0.496 e. The lowest BCUT2D eigenvalue weighted by Crippen LogP contribution is -2.70. The quantitative estimate of drug-likeness (QED) is 0.0234. The monoisotopic (exact) mass is 961 g/mol. The predicted octanol–water partition coefficient (Wildman–Crippen LogP) is 9.43. The molecule has 70 heavy (non-hydrogen) atoms. The maximum atomic E-state index is 14.7. The zero-order valence-corrected chi connectivity index (χ0v) is 39.4. The Hall–Kier alpha value is -6.95. The highest BCUT2D eigenvalue weighted by atomic mass is 16.7. The number of non-ortho nitro benzene ring substituents is 1. The van der Waals surface area contributed by atoms with E-state index in [1.165, 1.54) is 19.2 Å². The van der Waals surface area contributed by atoms with Gasteiger partial charge in [0.05, 0.1) is 42.4 Å². The summed E-state index contributed by atoms with van der Waals surface area (Å²) in [4.78, 5) is 45.5. The summed E-state index contributed by atoms with van der Waals surface area (Å²) >= 11 is 0. The molecule has 2 aliphatic carbocycles. The van der Waals surface area contributed by atoms with Crippen LogP contribution in [0.15, 0.2) is 108 Å². The van der Waals surface area contributed by atoms with Crippen molar-refractivity contribution in [2.75, 3.05) is 40.3 Å². The molecule has 17 nitrogen and oxygen atoms in total. The maximum absolute atomic E-state index is 14.7. The van der Waals surface area contributed by atoms with Gasteiger partial charge in [0.25, 0.3) is 5.69 Å². The Morgan fingerprint density at radius 3 is 2.40 bits per heavy atom. The number of nitro groups is 1. The normalized spacial score (nSPS) is 22.1. The fourth-order valence-corrected chi connectivity index (χ4v) is 10.4. The molecule has 2 aliphatic heterocycles. The average Bonchev–Trinajstić information content (AvgIpc) is 3.85. The molecule has 6 unspecified atom stereocenters. The van der Waals surface area contributed by atoms with Crippen LogP contribution in [0.5, 0.6) is 34.5 Å². The second-order valence-corrected chi connectivity index (χ2v) is 17.6. The number of ether oxygens (including phenoxy) is 7. The molecule has 8 rings (SSSR count). The lowest BCUT2D eigenvalue weighted by atomic mass is 9.55. The van der Waals surface area contributed by atoms with Gasteiger partial charge in [0, 0.05) is 49.8 Å². The SMILES string of the molecule is C=CCOC12Oc3ccc(Oc4ccc(OC)c(C=O)c4)cc3C3C(CCCCO)C(CCCCO)C=C(C(=NOCc4ccc([N+](=O)[O-])cc4)CC1N(Cc1ccc4c(c1)OCO4)C(=O)OCC)C32. The van der Waals surface area contributed by atoms with Crippen molar-refractivity contribution in [3.05, 3.63) is 136 Å². The Bertz CT molecular complexity index is 2580. The van der Waals surface area contributed by atoms with Crippen LogP contribution < -0.4 is 23.7 Å². The fraction of sp³-hybridized carbons (Fsp3) is 0.415. The van der Waals surface area contributed by atoms with Gasteiger partial charge in [0.15, 0.2) is 17.8 Å². The number of aliphatic hydroxyl groups excluding tert-OH is 2. The molecule has 1 saturated carbocycles. The van der Waals surface area contributed by atoms with Gasteiger partial charge >= 0.3 is 6.09 Å². The Morgan fingerprint density at radius 2 is 1.67 bits per heavy atom. The van der Waals surface area contributed by atoms with Crippen molar-refractivity contribution in [1.82, 2.24) is 4.90 Å². The molecule has 370 valence electrons. The average molecular weight is 962 g/mol. The third kappa shape index (κ3) is 10.5. The number of allylic oxidation sites excluding steroid dienone is 1. The van der Waals surface area contributed by atoms with Gasteiger partial charge < -0.3 is 48.2 Å². The van der Waals surface area contributed by atoms with Crippen LogP contribution in [-0.2, 0) is 27.5 Å². The van der Waals surface area contributed by atoms with E-state index in [0.717, 1.165) is 29.5 Å². The van der Waals surface area contributed by atoms with E-state index >= 15 is 0 Å². The highest BCUT2D eigenvalue weighted by Crippen LogP contribution is 2.62. The van der Waals surface area contributed by atoms with Crippen LogP contribution in [0.4, 0.5) is 10.5 Å². The van der Waals surface area contributed by atoms with Gasteiger partial charge in [-0.2, -0.15) is 0 Å². The molecule has 2 heterocycles. The number of rotatable bonds is 23. The molecule has 0 bridgehead atoms. The molecule has 0 saturated heterocycles. The first-order valence-corrected chi connectivity index (χ1v) is 23.7. The van der Waals surface area contributed by atoms with Gasteiger partial charge in [-0.05, 0) is 122 Å². The molecule has 17 heteroatoms. The number of hydrogen-bond donors (Lipinski definition) is 2. The molecule has 0 aromatic heterocycles. The van der Waals surface area contributed by atoms with Gasteiger partial charge in [-0.3, -0.25) is 19.8 Å². The van der Waals surface area contributed by atoms with Crippen molar-refractivity contribution in [3.63, 3.8) is 0 Å². The summed E-state index contributed by atoms with van der Waals surface area (Å²) in [5, 5.41) is 36.4. The number of carbonyl (C=O) groups is 2. The lowest BCUT2D eigenvalue weighted by Gasteiger charge is -2.59. The minimum atomic E-state index is -1.60. The van der Waals surface area contributed by atoms with Crippen molar-refractivity contribution in [1.29, 1.82) is 0 Å². The number of unbranched alkanes of at least 4 members (excludes halogenated alkanes) is 2. The van der Waals surface area contributed by atoms with Gasteiger partial charge in [-0.15, -0.1) is 6.58 Å². The van der Waals surface area contributed by atoms with E-state index in [9.17, 15) is 29.9 Å². The molecule has 6 atom stereocenters. The topological polar surface area (TPSA) is 207 Å². The van der Waals surface area contributed by atoms with Crippen LogP contribution >= 0.6 is 0 Å². The summed E-state index contributed by atoms with van der Waals surface area (Å²) in [6, 6.07) is 21.2. The van der Waals surface area contributed by atoms with Crippen LogP contribution in [0.2, 0.25) is 0 Å². The van der Waals surface area contributed by atoms with E-state index in [1.807, 2.05) is 24.3 Å². The molecule has 0 spiro atoms. The summed E-state index contributed by atoms with van der Waals surface area (Å²) in [6.45, 7) is 6.05. The summed E-state index contributed by atoms with van der Waals surface area (Å²) < 4.78 is 43.6. The number of benzene rings is 4. The second-order valence-electron chi connectivity index (χ2n) is 17.6. The molecular formula is C53H59N3O14. The van der Waals surface area contributed by atoms with E-state index in [0.29, 0.717) is 83.3 Å². The number of oxime groups is 1. The van der Waals surface area contributed by atoms with Crippen LogP contribution in [0.3, 0.4) is 0 Å². The number of nitrogens with zero attached hydrogens (tertiary/aromatic N) is 3. The molecule has 4 aromatic rings. The zero-order valence-electron chi connectivity index (χ0n) is 39.4. The van der Waals surface area contributed by atoms with E-state index in [1.54, 1.807) is 60.4 Å². The van der Waals surface area contributed by atoms with Gasteiger partial charge in [-0.1, -0.05) is 36.2 Å². The van der Waals surface area contributed by atoms with Crippen molar-refractivity contribution in [2.24, 2.45) is 22.9 Å². The lowest BCUT2D eigenvalue weighted by molar-refractivity contribution is -0.384. The third-order valence-electron chi connectivity index (χ3n) is 13.4. The summed E-state index contributed by atoms with van der Waals surface area (Å²) in [5.74, 6) is 0.168. The number of nitro benzene ring substituents is 1. The van der Waals surface area contributed by atoms with Crippen LogP contribution in [0, 0.1) is 27.9 Å². The number of methoxy groups -OCH3 is 1. The first kappa shape index (κ1) is 49.5. The second kappa shape index (κ2) is 22.6. The number of carbonyl (C=O) groups excluding carboxylic acids is 2. The molecule has 0 radical (unpaired) electrons. The summed E-state index contributed by atoms with van der Waals surface area (Å²) in [5.41, 5.74) is 3.82. The van der Waals surface area contributed by atoms with Crippen molar-refractivity contribution < 1.29 is 62.7 Å². The predicted molar refractivity (Wildman–Crippen MR) is 256 cm³/mol. The summed E-state index contributed by atoms with van der Waals surface area (Å²) in [6.07, 6.45) is 8.09. The maximum Gasteiger partial charge on any atom is 0.410 e. The van der Waals surface area contributed by atoms with E-state index in [-0.39, 0.29) is 76.2 Å². The Kier molecular flexibility index (Phi) is 16.0. The third-order valence-corrected chi connectivity index (χ3v) is 13.4. The first-order chi connectivity index (χ1) is 34.1. The number of aliphatic hydroxyl groups is 2. The number of fused-ring (bicyclic) bond motifs is 3. The van der Waals surface area contributed by atoms with Gasteiger partial charge in [0.1, 0.15) is 35.6 Å². The van der Waals surface area contributed by atoms with Crippen molar-refractivity contribution >= 4 is 23.8 Å².